The predicted octanol–water partition coefficient (Wildman–Crippen LogP) is 3.08. The molecular weight excluding hydrogens is 339 g/mol. The number of carbonyl (C=O) groups excluding carboxylic acids is 2. The maximum absolute atomic E-state index is 12.9. The summed E-state index contributed by atoms with van der Waals surface area (Å²) < 4.78 is 12.9. The first-order valence-electron chi connectivity index (χ1n) is 8.05. The summed E-state index contributed by atoms with van der Waals surface area (Å²) in [4.78, 5) is 26.9. The molecule has 1 N–H and O–H groups in total. The van der Waals surface area contributed by atoms with Crippen molar-refractivity contribution in [2.24, 2.45) is 0 Å². The molecule has 0 saturated heterocycles. The van der Waals surface area contributed by atoms with Gasteiger partial charge in [-0.1, -0.05) is 30.3 Å². The molecule has 0 heterocycles. The van der Waals surface area contributed by atoms with Crippen molar-refractivity contribution in [3.8, 4) is 0 Å². The lowest BCUT2D eigenvalue weighted by molar-refractivity contribution is -0.133. The Balaban J connectivity index is 1.78. The van der Waals surface area contributed by atoms with E-state index in [1.807, 2.05) is 37.3 Å². The zero-order chi connectivity index (χ0) is 18.1. The van der Waals surface area contributed by atoms with E-state index in [1.54, 1.807) is 12.1 Å². The Bertz CT molecular complexity index is 692. The summed E-state index contributed by atoms with van der Waals surface area (Å²) in [6, 6.07) is 15.6. The zero-order valence-corrected chi connectivity index (χ0v) is 14.9. The molecule has 132 valence electrons. The Hall–Kier alpha value is -2.34. The average molecular weight is 360 g/mol. The van der Waals surface area contributed by atoms with Gasteiger partial charge in [-0.15, -0.1) is 11.8 Å². The Morgan fingerprint density at radius 2 is 1.76 bits per heavy atom. The van der Waals surface area contributed by atoms with Crippen molar-refractivity contribution in [3.05, 3.63) is 66.0 Å². The van der Waals surface area contributed by atoms with Crippen molar-refractivity contribution < 1.29 is 14.0 Å². The molecule has 6 heteroatoms. The minimum Gasteiger partial charge on any atom is -0.350 e. The molecule has 0 fully saturated rings. The van der Waals surface area contributed by atoms with Crippen molar-refractivity contribution in [1.29, 1.82) is 0 Å². The molecule has 0 aliphatic carbocycles. The van der Waals surface area contributed by atoms with Crippen LogP contribution in [0.15, 0.2) is 59.5 Å². The Kier molecular flexibility index (Phi) is 7.47. The van der Waals surface area contributed by atoms with Crippen LogP contribution in [-0.2, 0) is 16.1 Å². The average Bonchev–Trinajstić information content (AvgIpc) is 2.64. The van der Waals surface area contributed by atoms with Gasteiger partial charge >= 0.3 is 0 Å². The van der Waals surface area contributed by atoms with E-state index in [0.717, 1.165) is 10.5 Å². The first-order chi connectivity index (χ1) is 12.1. The van der Waals surface area contributed by atoms with Gasteiger partial charge in [-0.25, -0.2) is 4.39 Å². The highest BCUT2D eigenvalue weighted by molar-refractivity contribution is 8.00. The second kappa shape index (κ2) is 9.84. The topological polar surface area (TPSA) is 49.4 Å². The van der Waals surface area contributed by atoms with E-state index in [-0.39, 0.29) is 24.2 Å². The number of thioether (sulfide) groups is 1. The van der Waals surface area contributed by atoms with Crippen molar-refractivity contribution >= 4 is 23.6 Å². The number of rotatable bonds is 8. The van der Waals surface area contributed by atoms with Crippen LogP contribution in [0, 0.1) is 5.82 Å². The molecule has 2 amide bonds. The maximum atomic E-state index is 12.9. The number of nitrogens with zero attached hydrogens (tertiary/aromatic N) is 1. The van der Waals surface area contributed by atoms with Crippen molar-refractivity contribution in [3.63, 3.8) is 0 Å². The minimum absolute atomic E-state index is 0.0197. The lowest BCUT2D eigenvalue weighted by Gasteiger charge is -2.20. The van der Waals surface area contributed by atoms with Crippen LogP contribution in [0.2, 0.25) is 0 Å². The highest BCUT2D eigenvalue weighted by Gasteiger charge is 2.15. The van der Waals surface area contributed by atoms with Crippen LogP contribution in [-0.4, -0.2) is 35.6 Å². The van der Waals surface area contributed by atoms with Gasteiger partial charge in [-0.05, 0) is 36.8 Å². The normalized spacial score (nSPS) is 10.3. The highest BCUT2D eigenvalue weighted by atomic mass is 32.2. The number of hydrogen-bond acceptors (Lipinski definition) is 3. The molecule has 0 radical (unpaired) electrons. The lowest BCUT2D eigenvalue weighted by Crippen LogP contribution is -2.41. The first kappa shape index (κ1) is 19.0. The lowest BCUT2D eigenvalue weighted by atomic mass is 10.2. The summed E-state index contributed by atoms with van der Waals surface area (Å²) in [5.74, 6) is -0.324. The Morgan fingerprint density at radius 3 is 2.40 bits per heavy atom. The fourth-order valence-corrected chi connectivity index (χ4v) is 2.98. The molecular formula is C19H21FN2O2S. The standard InChI is InChI=1S/C19H21FN2O2S/c1-2-22(19(24)14-25-17-6-4-3-5-7-17)13-18(23)21-12-15-8-10-16(20)11-9-15/h3-11H,2,12-14H2,1H3,(H,21,23). The molecule has 0 aromatic heterocycles. The number of carbonyl (C=O) groups is 2. The van der Waals surface area contributed by atoms with Crippen LogP contribution in [0.5, 0.6) is 0 Å². The largest absolute Gasteiger partial charge is 0.350 e. The van der Waals surface area contributed by atoms with E-state index in [0.29, 0.717) is 18.8 Å². The van der Waals surface area contributed by atoms with Crippen LogP contribution in [0.3, 0.4) is 0 Å². The molecule has 0 bridgehead atoms. The number of likely N-dealkylation sites (N-methyl/N-ethyl adjacent to an activating group) is 1. The highest BCUT2D eigenvalue weighted by Crippen LogP contribution is 2.17. The molecule has 25 heavy (non-hydrogen) atoms. The summed E-state index contributed by atoms with van der Waals surface area (Å²) in [5.41, 5.74) is 0.809. The van der Waals surface area contributed by atoms with Crippen molar-refractivity contribution in [2.75, 3.05) is 18.8 Å². The number of benzene rings is 2. The van der Waals surface area contributed by atoms with Gasteiger partial charge in [-0.3, -0.25) is 9.59 Å². The molecule has 0 unspecified atom stereocenters. The summed E-state index contributed by atoms with van der Waals surface area (Å²) in [6.45, 7) is 2.64. The molecule has 4 nitrogen and oxygen atoms in total. The molecule has 2 rings (SSSR count). The Morgan fingerprint density at radius 1 is 1.08 bits per heavy atom. The van der Waals surface area contributed by atoms with Gasteiger partial charge in [-0.2, -0.15) is 0 Å². The van der Waals surface area contributed by atoms with E-state index >= 15 is 0 Å². The van der Waals surface area contributed by atoms with Crippen LogP contribution in [0.4, 0.5) is 4.39 Å². The number of amides is 2. The monoisotopic (exact) mass is 360 g/mol. The molecule has 2 aromatic carbocycles. The fraction of sp³-hybridized carbons (Fsp3) is 0.263. The number of nitrogens with one attached hydrogen (secondary N) is 1. The second-order valence-electron chi connectivity index (χ2n) is 5.41. The van der Waals surface area contributed by atoms with E-state index in [9.17, 15) is 14.0 Å². The number of halogens is 1. The second-order valence-corrected chi connectivity index (χ2v) is 6.46. The van der Waals surface area contributed by atoms with Gasteiger partial charge in [0.2, 0.25) is 11.8 Å². The predicted molar refractivity (Wildman–Crippen MR) is 97.7 cm³/mol. The van der Waals surface area contributed by atoms with Gasteiger partial charge in [0.25, 0.3) is 0 Å². The van der Waals surface area contributed by atoms with E-state index in [2.05, 4.69) is 5.32 Å². The minimum atomic E-state index is -0.311. The first-order valence-corrected chi connectivity index (χ1v) is 9.04. The van der Waals surface area contributed by atoms with Gasteiger partial charge in [0.05, 0.1) is 12.3 Å². The SMILES string of the molecule is CCN(CC(=O)NCc1ccc(F)cc1)C(=O)CSc1ccccc1. The molecule has 0 saturated carbocycles. The third-order valence-corrected chi connectivity index (χ3v) is 4.57. The fourth-order valence-electron chi connectivity index (χ4n) is 2.16. The summed E-state index contributed by atoms with van der Waals surface area (Å²) >= 11 is 1.45. The van der Waals surface area contributed by atoms with Gasteiger partial charge in [0, 0.05) is 18.0 Å². The van der Waals surface area contributed by atoms with Gasteiger partial charge in [0.1, 0.15) is 5.82 Å². The molecule has 0 aliphatic rings. The third-order valence-electron chi connectivity index (χ3n) is 3.58. The summed E-state index contributed by atoms with van der Waals surface area (Å²) in [6.07, 6.45) is 0. The van der Waals surface area contributed by atoms with Crippen molar-refractivity contribution in [2.45, 2.75) is 18.4 Å². The zero-order valence-electron chi connectivity index (χ0n) is 14.1. The molecule has 0 spiro atoms. The molecule has 0 atom stereocenters. The molecule has 0 aliphatic heterocycles. The quantitative estimate of drug-likeness (QED) is 0.736. The number of hydrogen-bond donors (Lipinski definition) is 1. The van der Waals surface area contributed by atoms with E-state index in [1.165, 1.54) is 28.8 Å². The summed E-state index contributed by atoms with van der Waals surface area (Å²) in [5, 5.41) is 2.75. The molecule has 2 aromatic rings. The van der Waals surface area contributed by atoms with Crippen LogP contribution in [0.1, 0.15) is 12.5 Å². The van der Waals surface area contributed by atoms with Crippen LogP contribution >= 0.6 is 11.8 Å². The Labute approximate surface area is 151 Å². The van der Waals surface area contributed by atoms with Crippen molar-refractivity contribution in [1.82, 2.24) is 10.2 Å². The van der Waals surface area contributed by atoms with Gasteiger partial charge in [0.15, 0.2) is 0 Å². The van der Waals surface area contributed by atoms with Crippen LogP contribution < -0.4 is 5.32 Å². The smallest absolute Gasteiger partial charge is 0.239 e. The third kappa shape index (κ3) is 6.58. The summed E-state index contributed by atoms with van der Waals surface area (Å²) in [7, 11) is 0. The van der Waals surface area contributed by atoms with Crippen LogP contribution in [0.25, 0.3) is 0 Å². The van der Waals surface area contributed by atoms with E-state index in [4.69, 9.17) is 0 Å². The van der Waals surface area contributed by atoms with E-state index < -0.39 is 0 Å². The van der Waals surface area contributed by atoms with Gasteiger partial charge < -0.3 is 10.2 Å². The maximum Gasteiger partial charge on any atom is 0.239 e.